The van der Waals surface area contributed by atoms with Gasteiger partial charge >= 0.3 is 6.09 Å². The first-order valence-electron chi connectivity index (χ1n) is 6.27. The number of rotatable bonds is 4. The van der Waals surface area contributed by atoms with Crippen molar-refractivity contribution in [1.82, 2.24) is 25.6 Å². The number of hydrogen-bond acceptors (Lipinski definition) is 4. The Bertz CT molecular complexity index is 426. The van der Waals surface area contributed by atoms with Gasteiger partial charge in [0.2, 0.25) is 5.91 Å². The van der Waals surface area contributed by atoms with Crippen molar-refractivity contribution in [3.63, 3.8) is 0 Å². The van der Waals surface area contributed by atoms with Crippen LogP contribution in [-0.4, -0.2) is 56.5 Å². The molecule has 2 rings (SSSR count). The maximum absolute atomic E-state index is 11.7. The quantitative estimate of drug-likeness (QED) is 0.710. The monoisotopic (exact) mass is 267 g/mol. The third-order valence-corrected chi connectivity index (χ3v) is 3.21. The van der Waals surface area contributed by atoms with Gasteiger partial charge in [0.25, 0.3) is 0 Å². The highest BCUT2D eigenvalue weighted by molar-refractivity contribution is 5.76. The zero-order valence-corrected chi connectivity index (χ0v) is 10.5. The van der Waals surface area contributed by atoms with Gasteiger partial charge in [0.1, 0.15) is 0 Å². The van der Waals surface area contributed by atoms with Crippen molar-refractivity contribution in [2.75, 3.05) is 13.1 Å². The number of aromatic nitrogens is 3. The van der Waals surface area contributed by atoms with Gasteiger partial charge in [-0.25, -0.2) is 4.79 Å². The zero-order chi connectivity index (χ0) is 13.7. The summed E-state index contributed by atoms with van der Waals surface area (Å²) < 4.78 is 0. The van der Waals surface area contributed by atoms with Crippen molar-refractivity contribution >= 4 is 12.0 Å². The minimum absolute atomic E-state index is 0.0308. The van der Waals surface area contributed by atoms with Crippen LogP contribution in [0.3, 0.4) is 0 Å². The van der Waals surface area contributed by atoms with Gasteiger partial charge in [-0.05, 0) is 12.8 Å². The smallest absolute Gasteiger partial charge is 0.407 e. The molecule has 0 atom stereocenters. The molecule has 104 valence electrons. The number of aromatic amines is 1. The van der Waals surface area contributed by atoms with Gasteiger partial charge in [-0.1, -0.05) is 5.21 Å². The Morgan fingerprint density at radius 1 is 1.47 bits per heavy atom. The zero-order valence-electron chi connectivity index (χ0n) is 10.5. The standard InChI is InChI=1S/C11H17N5O3/c17-10(2-1-9-7-12-15-14-9)13-8-3-5-16(6-4-8)11(18)19/h7-8H,1-6H2,(H,13,17)(H,18,19)(H,12,14,15). The summed E-state index contributed by atoms with van der Waals surface area (Å²) in [6, 6.07) is 0.0698. The molecular weight excluding hydrogens is 250 g/mol. The summed E-state index contributed by atoms with van der Waals surface area (Å²) in [5, 5.41) is 21.7. The van der Waals surface area contributed by atoms with Crippen molar-refractivity contribution in [2.45, 2.75) is 31.7 Å². The molecule has 1 aromatic heterocycles. The van der Waals surface area contributed by atoms with Crippen LogP contribution in [0, 0.1) is 0 Å². The van der Waals surface area contributed by atoms with E-state index in [0.717, 1.165) is 5.69 Å². The van der Waals surface area contributed by atoms with E-state index >= 15 is 0 Å². The lowest BCUT2D eigenvalue weighted by atomic mass is 10.1. The van der Waals surface area contributed by atoms with Crippen LogP contribution in [0.1, 0.15) is 25.0 Å². The van der Waals surface area contributed by atoms with Crippen LogP contribution in [0.15, 0.2) is 6.20 Å². The Morgan fingerprint density at radius 2 is 2.21 bits per heavy atom. The molecular formula is C11H17N5O3. The number of H-pyrrole nitrogens is 1. The highest BCUT2D eigenvalue weighted by Crippen LogP contribution is 2.10. The van der Waals surface area contributed by atoms with Gasteiger partial charge in [-0.3, -0.25) is 9.89 Å². The fraction of sp³-hybridized carbons (Fsp3) is 0.636. The summed E-state index contributed by atoms with van der Waals surface area (Å²) >= 11 is 0. The van der Waals surface area contributed by atoms with E-state index < -0.39 is 6.09 Å². The Labute approximate surface area is 110 Å². The average molecular weight is 267 g/mol. The van der Waals surface area contributed by atoms with Crippen LogP contribution in [0.2, 0.25) is 0 Å². The molecule has 2 heterocycles. The molecule has 19 heavy (non-hydrogen) atoms. The SMILES string of the molecule is O=C(CCc1c[nH]nn1)NC1CCN(C(=O)O)CC1. The van der Waals surface area contributed by atoms with Crippen molar-refractivity contribution in [3.05, 3.63) is 11.9 Å². The summed E-state index contributed by atoms with van der Waals surface area (Å²) in [5.41, 5.74) is 0.760. The van der Waals surface area contributed by atoms with Crippen molar-refractivity contribution in [2.24, 2.45) is 0 Å². The second-order valence-corrected chi connectivity index (χ2v) is 4.58. The minimum Gasteiger partial charge on any atom is -0.465 e. The summed E-state index contributed by atoms with van der Waals surface area (Å²) in [5.74, 6) is -0.0308. The van der Waals surface area contributed by atoms with E-state index in [9.17, 15) is 9.59 Å². The van der Waals surface area contributed by atoms with Crippen LogP contribution >= 0.6 is 0 Å². The highest BCUT2D eigenvalue weighted by atomic mass is 16.4. The molecule has 1 aliphatic rings. The molecule has 2 amide bonds. The van der Waals surface area contributed by atoms with E-state index in [-0.39, 0.29) is 11.9 Å². The normalized spacial score (nSPS) is 16.3. The fourth-order valence-corrected chi connectivity index (χ4v) is 2.10. The lowest BCUT2D eigenvalue weighted by molar-refractivity contribution is -0.122. The van der Waals surface area contributed by atoms with Gasteiger partial charge in [-0.2, -0.15) is 0 Å². The summed E-state index contributed by atoms with van der Waals surface area (Å²) in [4.78, 5) is 23.8. The molecule has 0 unspecified atom stereocenters. The first-order valence-corrected chi connectivity index (χ1v) is 6.27. The molecule has 8 heteroatoms. The number of carboxylic acid groups (broad SMARTS) is 1. The van der Waals surface area contributed by atoms with Crippen LogP contribution in [-0.2, 0) is 11.2 Å². The second kappa shape index (κ2) is 6.17. The van der Waals surface area contributed by atoms with Crippen LogP contribution in [0.4, 0.5) is 4.79 Å². The number of nitrogens with one attached hydrogen (secondary N) is 2. The summed E-state index contributed by atoms with van der Waals surface area (Å²) in [7, 11) is 0. The Morgan fingerprint density at radius 3 is 2.79 bits per heavy atom. The lowest BCUT2D eigenvalue weighted by Crippen LogP contribution is -2.46. The molecule has 1 fully saturated rings. The first kappa shape index (κ1) is 13.3. The molecule has 0 bridgehead atoms. The van der Waals surface area contributed by atoms with Crippen LogP contribution in [0.5, 0.6) is 0 Å². The molecule has 0 radical (unpaired) electrons. The minimum atomic E-state index is -0.893. The number of aryl methyl sites for hydroxylation is 1. The van der Waals surface area contributed by atoms with E-state index in [0.29, 0.717) is 38.8 Å². The maximum atomic E-state index is 11.7. The Kier molecular flexibility index (Phi) is 4.32. The van der Waals surface area contributed by atoms with Crippen molar-refractivity contribution in [3.8, 4) is 0 Å². The number of carbonyl (C=O) groups is 2. The number of hydrogen-bond donors (Lipinski definition) is 3. The third-order valence-electron chi connectivity index (χ3n) is 3.21. The molecule has 0 aromatic carbocycles. The van der Waals surface area contributed by atoms with Crippen LogP contribution in [0.25, 0.3) is 0 Å². The van der Waals surface area contributed by atoms with Gasteiger partial charge in [0.05, 0.1) is 5.69 Å². The van der Waals surface area contributed by atoms with Crippen molar-refractivity contribution < 1.29 is 14.7 Å². The summed E-state index contributed by atoms with van der Waals surface area (Å²) in [6.45, 7) is 0.952. The molecule has 3 N–H and O–H groups in total. The van der Waals surface area contributed by atoms with Gasteiger partial charge < -0.3 is 15.3 Å². The molecule has 1 saturated heterocycles. The van der Waals surface area contributed by atoms with E-state index in [1.54, 1.807) is 6.20 Å². The molecule has 1 aliphatic heterocycles. The predicted molar refractivity (Wildman–Crippen MR) is 65.5 cm³/mol. The van der Waals surface area contributed by atoms with Crippen LogP contribution < -0.4 is 5.32 Å². The lowest BCUT2D eigenvalue weighted by Gasteiger charge is -2.30. The van der Waals surface area contributed by atoms with E-state index in [4.69, 9.17) is 5.11 Å². The maximum Gasteiger partial charge on any atom is 0.407 e. The number of amides is 2. The Hall–Kier alpha value is -2.12. The second-order valence-electron chi connectivity index (χ2n) is 4.58. The van der Waals surface area contributed by atoms with Gasteiger partial charge in [-0.15, -0.1) is 5.10 Å². The molecule has 0 spiro atoms. The number of likely N-dealkylation sites (tertiary alicyclic amines) is 1. The molecule has 0 saturated carbocycles. The van der Waals surface area contributed by atoms with Crippen molar-refractivity contribution in [1.29, 1.82) is 0 Å². The number of carbonyl (C=O) groups excluding carboxylic acids is 1. The topological polar surface area (TPSA) is 111 Å². The molecule has 1 aromatic rings. The number of piperidine rings is 1. The average Bonchev–Trinajstić information content (AvgIpc) is 2.90. The van der Waals surface area contributed by atoms with E-state index in [2.05, 4.69) is 20.7 Å². The fourth-order valence-electron chi connectivity index (χ4n) is 2.10. The van der Waals surface area contributed by atoms with E-state index in [1.807, 2.05) is 0 Å². The predicted octanol–water partition coefficient (Wildman–Crippen LogP) is -0.00410. The number of nitrogens with zero attached hydrogens (tertiary/aromatic N) is 3. The van der Waals surface area contributed by atoms with Gasteiger partial charge in [0.15, 0.2) is 0 Å². The Balaban J connectivity index is 1.67. The highest BCUT2D eigenvalue weighted by Gasteiger charge is 2.23. The summed E-state index contributed by atoms with van der Waals surface area (Å²) in [6.07, 6.45) is 3.03. The molecule has 8 nitrogen and oxygen atoms in total. The van der Waals surface area contributed by atoms with Gasteiger partial charge in [0, 0.05) is 38.2 Å². The third kappa shape index (κ3) is 3.94. The largest absolute Gasteiger partial charge is 0.465 e. The van der Waals surface area contributed by atoms with E-state index in [1.165, 1.54) is 4.90 Å². The molecule has 0 aliphatic carbocycles. The first-order chi connectivity index (χ1) is 9.15.